The van der Waals surface area contributed by atoms with Crippen molar-refractivity contribution < 1.29 is 4.57 Å². The Bertz CT molecular complexity index is 637. The maximum Gasteiger partial charge on any atom is 0.212 e. The molecule has 0 saturated heterocycles. The van der Waals surface area contributed by atoms with E-state index in [2.05, 4.69) is 76.6 Å². The van der Waals surface area contributed by atoms with Gasteiger partial charge in [0.1, 0.15) is 7.05 Å². The molecule has 0 bridgehead atoms. The summed E-state index contributed by atoms with van der Waals surface area (Å²) in [5, 5.41) is 0. The van der Waals surface area contributed by atoms with Gasteiger partial charge in [0.25, 0.3) is 0 Å². The van der Waals surface area contributed by atoms with Gasteiger partial charge in [0.2, 0.25) is 5.69 Å². The van der Waals surface area contributed by atoms with E-state index in [1.54, 1.807) is 0 Å². The standard InChI is InChI=1S/C20H28N/c1-7-17(8-2)18-10-11-19(15(4)13-18)20-12-9-14(3)16(5)21(20)6/h9-13,17H,7-8H2,1-6H3/q+1. The number of aromatic nitrogens is 1. The Morgan fingerprint density at radius 3 is 2.14 bits per heavy atom. The normalized spacial score (nSPS) is 11.2. The van der Waals surface area contributed by atoms with Gasteiger partial charge in [-0.2, -0.15) is 4.57 Å². The fourth-order valence-corrected chi connectivity index (χ4v) is 3.14. The molecule has 1 heterocycles. The number of aryl methyl sites for hydroxylation is 2. The third-order valence-corrected chi connectivity index (χ3v) is 4.91. The van der Waals surface area contributed by atoms with E-state index < -0.39 is 0 Å². The zero-order valence-corrected chi connectivity index (χ0v) is 14.3. The monoisotopic (exact) mass is 282 g/mol. The highest BCUT2D eigenvalue weighted by Crippen LogP contribution is 2.28. The lowest BCUT2D eigenvalue weighted by Crippen LogP contribution is -2.35. The van der Waals surface area contributed by atoms with Crippen molar-refractivity contribution in [3.05, 3.63) is 52.7 Å². The van der Waals surface area contributed by atoms with Crippen molar-refractivity contribution in [1.82, 2.24) is 0 Å². The largest absolute Gasteiger partial charge is 0.212 e. The van der Waals surface area contributed by atoms with Gasteiger partial charge in [-0.05, 0) is 55.9 Å². The molecule has 0 spiro atoms. The predicted molar refractivity (Wildman–Crippen MR) is 90.6 cm³/mol. The SMILES string of the molecule is CCC(CC)c1ccc(-c2ccc(C)c(C)[n+]2C)c(C)c1. The molecule has 21 heavy (non-hydrogen) atoms. The molecule has 2 aromatic rings. The van der Waals surface area contributed by atoms with Crippen LogP contribution in [0.25, 0.3) is 11.3 Å². The first kappa shape index (κ1) is 15.8. The fourth-order valence-electron chi connectivity index (χ4n) is 3.14. The van der Waals surface area contributed by atoms with E-state index in [1.165, 1.54) is 46.5 Å². The van der Waals surface area contributed by atoms with Crippen molar-refractivity contribution in [2.75, 3.05) is 0 Å². The molecular formula is C20H28N+. The van der Waals surface area contributed by atoms with Crippen LogP contribution in [0.2, 0.25) is 0 Å². The lowest BCUT2D eigenvalue weighted by molar-refractivity contribution is -0.667. The molecule has 0 N–H and O–H groups in total. The van der Waals surface area contributed by atoms with Crippen LogP contribution < -0.4 is 4.57 Å². The Morgan fingerprint density at radius 1 is 0.905 bits per heavy atom. The second-order valence-electron chi connectivity index (χ2n) is 6.13. The maximum atomic E-state index is 2.38. The average Bonchev–Trinajstić information content (AvgIpc) is 2.47. The summed E-state index contributed by atoms with van der Waals surface area (Å²) in [5.41, 5.74) is 8.16. The molecule has 1 aromatic carbocycles. The second-order valence-corrected chi connectivity index (χ2v) is 6.13. The van der Waals surface area contributed by atoms with E-state index in [4.69, 9.17) is 0 Å². The lowest BCUT2D eigenvalue weighted by atomic mass is 9.90. The van der Waals surface area contributed by atoms with E-state index in [-0.39, 0.29) is 0 Å². The van der Waals surface area contributed by atoms with Crippen LogP contribution >= 0.6 is 0 Å². The van der Waals surface area contributed by atoms with Crippen molar-refractivity contribution in [3.63, 3.8) is 0 Å². The number of pyridine rings is 1. The molecule has 0 radical (unpaired) electrons. The molecular weight excluding hydrogens is 254 g/mol. The Hall–Kier alpha value is -1.63. The van der Waals surface area contributed by atoms with Gasteiger partial charge in [-0.3, -0.25) is 0 Å². The summed E-state index contributed by atoms with van der Waals surface area (Å²) in [4.78, 5) is 0. The van der Waals surface area contributed by atoms with E-state index in [1.807, 2.05) is 0 Å². The van der Waals surface area contributed by atoms with Crippen molar-refractivity contribution >= 4 is 0 Å². The van der Waals surface area contributed by atoms with Gasteiger partial charge in [-0.15, -0.1) is 0 Å². The first-order valence-corrected chi connectivity index (χ1v) is 8.06. The molecule has 0 aliphatic carbocycles. The number of rotatable bonds is 4. The summed E-state index contributed by atoms with van der Waals surface area (Å²) in [6.45, 7) is 11.1. The van der Waals surface area contributed by atoms with Crippen LogP contribution in [0.3, 0.4) is 0 Å². The van der Waals surface area contributed by atoms with E-state index in [0.29, 0.717) is 5.92 Å². The van der Waals surface area contributed by atoms with Gasteiger partial charge < -0.3 is 0 Å². The van der Waals surface area contributed by atoms with Crippen molar-refractivity contribution in [3.8, 4) is 11.3 Å². The van der Waals surface area contributed by atoms with Gasteiger partial charge in [0, 0.05) is 24.1 Å². The third kappa shape index (κ3) is 3.02. The highest BCUT2D eigenvalue weighted by atomic mass is 14.9. The molecule has 1 aromatic heterocycles. The second kappa shape index (κ2) is 6.43. The van der Waals surface area contributed by atoms with Crippen LogP contribution in [-0.2, 0) is 7.05 Å². The number of benzene rings is 1. The van der Waals surface area contributed by atoms with Crippen LogP contribution in [0.4, 0.5) is 0 Å². The Kier molecular flexibility index (Phi) is 4.82. The van der Waals surface area contributed by atoms with E-state index >= 15 is 0 Å². The van der Waals surface area contributed by atoms with Crippen LogP contribution in [0.5, 0.6) is 0 Å². The zero-order chi connectivity index (χ0) is 15.6. The Balaban J connectivity index is 2.49. The van der Waals surface area contributed by atoms with Crippen LogP contribution in [-0.4, -0.2) is 0 Å². The fraction of sp³-hybridized carbons (Fsp3) is 0.450. The highest BCUT2D eigenvalue weighted by molar-refractivity contribution is 5.62. The average molecular weight is 282 g/mol. The van der Waals surface area contributed by atoms with Gasteiger partial charge in [-0.1, -0.05) is 26.0 Å². The minimum absolute atomic E-state index is 0.686. The first-order valence-electron chi connectivity index (χ1n) is 8.06. The molecule has 0 aliphatic rings. The smallest absolute Gasteiger partial charge is 0.198 e. The number of hydrogen-bond acceptors (Lipinski definition) is 0. The Labute approximate surface area is 129 Å². The number of nitrogens with zero attached hydrogens (tertiary/aromatic N) is 1. The molecule has 0 saturated carbocycles. The molecule has 0 atom stereocenters. The summed E-state index contributed by atoms with van der Waals surface area (Å²) < 4.78 is 2.30. The molecule has 112 valence electrons. The molecule has 1 nitrogen and oxygen atoms in total. The minimum Gasteiger partial charge on any atom is -0.198 e. The molecule has 0 amide bonds. The molecule has 0 aliphatic heterocycles. The van der Waals surface area contributed by atoms with Gasteiger partial charge in [0.15, 0.2) is 5.69 Å². The molecule has 0 unspecified atom stereocenters. The van der Waals surface area contributed by atoms with Gasteiger partial charge in [-0.25, -0.2) is 0 Å². The summed E-state index contributed by atoms with van der Waals surface area (Å²) in [6.07, 6.45) is 2.43. The summed E-state index contributed by atoms with van der Waals surface area (Å²) >= 11 is 0. The van der Waals surface area contributed by atoms with Gasteiger partial charge >= 0.3 is 0 Å². The maximum absolute atomic E-state index is 2.38. The predicted octanol–water partition coefficient (Wildman–Crippen LogP) is 5.01. The molecule has 0 fully saturated rings. The van der Waals surface area contributed by atoms with Crippen LogP contribution in [0.15, 0.2) is 30.3 Å². The van der Waals surface area contributed by atoms with Crippen molar-refractivity contribution in [2.45, 2.75) is 53.4 Å². The molecule has 2 rings (SSSR count). The van der Waals surface area contributed by atoms with Gasteiger partial charge in [0.05, 0.1) is 0 Å². The quantitative estimate of drug-likeness (QED) is 0.694. The summed E-state index contributed by atoms with van der Waals surface area (Å²) in [5.74, 6) is 0.686. The molecule has 1 heteroatoms. The Morgan fingerprint density at radius 2 is 1.57 bits per heavy atom. The van der Waals surface area contributed by atoms with Crippen LogP contribution in [0.1, 0.15) is 55.0 Å². The summed E-state index contributed by atoms with van der Waals surface area (Å²) in [7, 11) is 2.16. The van der Waals surface area contributed by atoms with Crippen molar-refractivity contribution in [2.24, 2.45) is 7.05 Å². The zero-order valence-electron chi connectivity index (χ0n) is 14.3. The van der Waals surface area contributed by atoms with E-state index in [9.17, 15) is 0 Å². The first-order chi connectivity index (χ1) is 9.99. The van der Waals surface area contributed by atoms with Crippen LogP contribution in [0, 0.1) is 20.8 Å². The third-order valence-electron chi connectivity index (χ3n) is 4.91. The lowest BCUT2D eigenvalue weighted by Gasteiger charge is -2.15. The number of hydrogen-bond donors (Lipinski definition) is 0. The van der Waals surface area contributed by atoms with E-state index in [0.717, 1.165) is 0 Å². The van der Waals surface area contributed by atoms with Crippen molar-refractivity contribution in [1.29, 1.82) is 0 Å². The highest BCUT2D eigenvalue weighted by Gasteiger charge is 2.17. The summed E-state index contributed by atoms with van der Waals surface area (Å²) in [6, 6.07) is 11.4. The minimum atomic E-state index is 0.686. The topological polar surface area (TPSA) is 3.88 Å².